The van der Waals surface area contributed by atoms with Crippen molar-refractivity contribution in [1.82, 2.24) is 0 Å². The topological polar surface area (TPSA) is 38.0 Å². The van der Waals surface area contributed by atoms with E-state index >= 15 is 0 Å². The van der Waals surface area contributed by atoms with Crippen molar-refractivity contribution in [1.29, 1.82) is 0 Å². The zero-order chi connectivity index (χ0) is 13.7. The average molecular weight is 258 g/mol. The Morgan fingerprint density at radius 1 is 1.16 bits per heavy atom. The van der Waals surface area contributed by atoms with Crippen molar-refractivity contribution < 1.29 is 4.39 Å². The highest BCUT2D eigenvalue weighted by molar-refractivity contribution is 5.67. The average Bonchev–Trinajstić information content (AvgIpc) is 2.41. The van der Waals surface area contributed by atoms with E-state index in [2.05, 4.69) is 17.4 Å². The first-order valence-electron chi connectivity index (χ1n) is 6.50. The molecule has 3 N–H and O–H groups in total. The van der Waals surface area contributed by atoms with E-state index in [0.717, 1.165) is 25.1 Å². The molecule has 0 atom stereocenters. The first-order chi connectivity index (χ1) is 9.16. The van der Waals surface area contributed by atoms with Crippen molar-refractivity contribution in [2.24, 2.45) is 0 Å². The van der Waals surface area contributed by atoms with Gasteiger partial charge < -0.3 is 11.1 Å². The largest absolute Gasteiger partial charge is 0.397 e. The van der Waals surface area contributed by atoms with Crippen LogP contribution in [0.4, 0.5) is 15.8 Å². The minimum Gasteiger partial charge on any atom is -0.397 e. The van der Waals surface area contributed by atoms with E-state index in [4.69, 9.17) is 5.73 Å². The number of nitrogen functional groups attached to an aromatic ring is 1. The van der Waals surface area contributed by atoms with Crippen molar-refractivity contribution in [3.8, 4) is 0 Å². The monoisotopic (exact) mass is 258 g/mol. The predicted molar refractivity (Wildman–Crippen MR) is 78.8 cm³/mol. The molecule has 2 rings (SSSR count). The van der Waals surface area contributed by atoms with Crippen LogP contribution in [0.5, 0.6) is 0 Å². The molecule has 0 aromatic heterocycles. The molecule has 0 aliphatic heterocycles. The van der Waals surface area contributed by atoms with E-state index in [1.165, 1.54) is 11.6 Å². The highest BCUT2D eigenvalue weighted by atomic mass is 19.1. The van der Waals surface area contributed by atoms with Gasteiger partial charge in [-0.2, -0.15) is 0 Å². The minimum atomic E-state index is -0.257. The molecule has 0 aliphatic carbocycles. The number of benzene rings is 2. The maximum absolute atomic E-state index is 13.3. The second kappa shape index (κ2) is 6.23. The quantitative estimate of drug-likeness (QED) is 0.633. The van der Waals surface area contributed by atoms with E-state index in [0.29, 0.717) is 11.3 Å². The van der Waals surface area contributed by atoms with Crippen LogP contribution in [0.1, 0.15) is 17.5 Å². The number of aryl methyl sites for hydroxylation is 2. The third-order valence-electron chi connectivity index (χ3n) is 3.13. The molecule has 0 bridgehead atoms. The van der Waals surface area contributed by atoms with E-state index in [9.17, 15) is 4.39 Å². The van der Waals surface area contributed by atoms with Crippen molar-refractivity contribution in [3.05, 3.63) is 59.4 Å². The smallest absolute Gasteiger partial charge is 0.128 e. The zero-order valence-electron chi connectivity index (χ0n) is 11.1. The lowest BCUT2D eigenvalue weighted by molar-refractivity contribution is 0.619. The molecule has 100 valence electrons. The van der Waals surface area contributed by atoms with Crippen LogP contribution in [0.25, 0.3) is 0 Å². The van der Waals surface area contributed by atoms with Gasteiger partial charge in [-0.05, 0) is 43.0 Å². The fraction of sp³-hybridized carbons (Fsp3) is 0.250. The Hall–Kier alpha value is -2.03. The van der Waals surface area contributed by atoms with Crippen molar-refractivity contribution >= 4 is 11.4 Å². The number of halogens is 1. The van der Waals surface area contributed by atoms with Gasteiger partial charge in [0.15, 0.2) is 0 Å². The summed E-state index contributed by atoms with van der Waals surface area (Å²) < 4.78 is 13.3. The van der Waals surface area contributed by atoms with Crippen LogP contribution in [-0.4, -0.2) is 6.54 Å². The Morgan fingerprint density at radius 2 is 1.89 bits per heavy atom. The van der Waals surface area contributed by atoms with E-state index in [-0.39, 0.29) is 5.82 Å². The summed E-state index contributed by atoms with van der Waals surface area (Å²) in [6.45, 7) is 2.56. The van der Waals surface area contributed by atoms with Gasteiger partial charge >= 0.3 is 0 Å². The van der Waals surface area contributed by atoms with Crippen LogP contribution in [-0.2, 0) is 6.42 Å². The number of rotatable bonds is 5. The lowest BCUT2D eigenvalue weighted by Crippen LogP contribution is -2.06. The Bertz CT molecular complexity index is 538. The molecule has 0 amide bonds. The molecule has 0 saturated carbocycles. The summed E-state index contributed by atoms with van der Waals surface area (Å²) in [5, 5.41) is 3.26. The van der Waals surface area contributed by atoms with Gasteiger partial charge in [-0.15, -0.1) is 0 Å². The van der Waals surface area contributed by atoms with Crippen LogP contribution >= 0.6 is 0 Å². The van der Waals surface area contributed by atoms with Gasteiger partial charge in [-0.3, -0.25) is 0 Å². The van der Waals surface area contributed by atoms with Crippen LogP contribution in [0.3, 0.4) is 0 Å². The van der Waals surface area contributed by atoms with Crippen LogP contribution in [0.15, 0.2) is 42.5 Å². The third kappa shape index (κ3) is 3.71. The summed E-state index contributed by atoms with van der Waals surface area (Å²) in [5.41, 5.74) is 8.99. The number of nitrogens with one attached hydrogen (secondary N) is 1. The predicted octanol–water partition coefficient (Wildman–Crippen LogP) is 3.76. The number of hydrogen-bond acceptors (Lipinski definition) is 2. The molecule has 0 heterocycles. The minimum absolute atomic E-state index is 0.257. The van der Waals surface area contributed by atoms with Gasteiger partial charge in [0, 0.05) is 6.54 Å². The molecule has 2 nitrogen and oxygen atoms in total. The molecule has 0 radical (unpaired) electrons. The maximum atomic E-state index is 13.3. The second-order valence-electron chi connectivity index (χ2n) is 4.70. The van der Waals surface area contributed by atoms with Gasteiger partial charge in [0.25, 0.3) is 0 Å². The van der Waals surface area contributed by atoms with E-state index < -0.39 is 0 Å². The van der Waals surface area contributed by atoms with Gasteiger partial charge in [0.05, 0.1) is 11.4 Å². The van der Waals surface area contributed by atoms with Gasteiger partial charge in [0.2, 0.25) is 0 Å². The summed E-state index contributed by atoms with van der Waals surface area (Å²) in [7, 11) is 0. The highest BCUT2D eigenvalue weighted by Crippen LogP contribution is 2.22. The van der Waals surface area contributed by atoms with Crippen molar-refractivity contribution in [3.63, 3.8) is 0 Å². The molecule has 0 saturated heterocycles. The first-order valence-corrected chi connectivity index (χ1v) is 6.50. The van der Waals surface area contributed by atoms with Gasteiger partial charge in [-0.25, -0.2) is 4.39 Å². The summed E-state index contributed by atoms with van der Waals surface area (Å²) in [6.07, 6.45) is 2.04. The molecule has 0 fully saturated rings. The molecule has 0 unspecified atom stereocenters. The summed E-state index contributed by atoms with van der Waals surface area (Å²) in [5.74, 6) is -0.257. The molecular weight excluding hydrogens is 239 g/mol. The SMILES string of the molecule is Cc1cc(NCCCc2ccccc2)c(N)cc1F. The molecular formula is C16H19FN2. The molecule has 3 heteroatoms. The Morgan fingerprint density at radius 3 is 2.63 bits per heavy atom. The normalized spacial score (nSPS) is 10.4. The summed E-state index contributed by atoms with van der Waals surface area (Å²) in [4.78, 5) is 0. The summed E-state index contributed by atoms with van der Waals surface area (Å²) in [6, 6.07) is 13.5. The standard InChI is InChI=1S/C16H19FN2/c1-12-10-16(15(18)11-14(12)17)19-9-5-8-13-6-3-2-4-7-13/h2-4,6-7,10-11,19H,5,8-9,18H2,1H3. The van der Waals surface area contributed by atoms with Gasteiger partial charge in [-0.1, -0.05) is 30.3 Å². The molecule has 2 aromatic carbocycles. The Labute approximate surface area is 113 Å². The van der Waals surface area contributed by atoms with Crippen LogP contribution in [0, 0.1) is 12.7 Å². The van der Waals surface area contributed by atoms with E-state index in [1.54, 1.807) is 13.0 Å². The summed E-state index contributed by atoms with van der Waals surface area (Å²) >= 11 is 0. The Balaban J connectivity index is 1.85. The fourth-order valence-electron chi connectivity index (χ4n) is 2.01. The first kappa shape index (κ1) is 13.4. The van der Waals surface area contributed by atoms with Gasteiger partial charge in [0.1, 0.15) is 5.82 Å². The van der Waals surface area contributed by atoms with Crippen LogP contribution < -0.4 is 11.1 Å². The van der Waals surface area contributed by atoms with Crippen molar-refractivity contribution in [2.75, 3.05) is 17.6 Å². The van der Waals surface area contributed by atoms with Crippen molar-refractivity contribution in [2.45, 2.75) is 19.8 Å². The third-order valence-corrected chi connectivity index (χ3v) is 3.13. The number of nitrogens with two attached hydrogens (primary N) is 1. The van der Waals surface area contributed by atoms with E-state index in [1.807, 2.05) is 18.2 Å². The lowest BCUT2D eigenvalue weighted by Gasteiger charge is -2.11. The molecule has 0 aliphatic rings. The number of anilines is 2. The van der Waals surface area contributed by atoms with Crippen LogP contribution in [0.2, 0.25) is 0 Å². The maximum Gasteiger partial charge on any atom is 0.128 e. The molecule has 0 spiro atoms. The fourth-order valence-corrected chi connectivity index (χ4v) is 2.01. The molecule has 2 aromatic rings. The number of hydrogen-bond donors (Lipinski definition) is 2. The molecule has 19 heavy (non-hydrogen) atoms. The second-order valence-corrected chi connectivity index (χ2v) is 4.70. The lowest BCUT2D eigenvalue weighted by atomic mass is 10.1. The zero-order valence-corrected chi connectivity index (χ0v) is 11.1. The highest BCUT2D eigenvalue weighted by Gasteiger charge is 2.04. The Kier molecular flexibility index (Phi) is 4.39.